The van der Waals surface area contributed by atoms with E-state index in [1.165, 1.54) is 36.1 Å². The third-order valence-corrected chi connectivity index (χ3v) is 9.06. The molecule has 0 amide bonds. The van der Waals surface area contributed by atoms with Gasteiger partial charge in [-0.2, -0.15) is 0 Å². The third kappa shape index (κ3) is 3.91. The number of aromatic carboxylic acids is 1. The first kappa shape index (κ1) is 24.0. The van der Waals surface area contributed by atoms with Crippen LogP contribution in [0.15, 0.2) is 36.4 Å². The molecule has 2 fully saturated rings. The van der Waals surface area contributed by atoms with Gasteiger partial charge in [0.1, 0.15) is 5.75 Å². The van der Waals surface area contributed by atoms with Crippen molar-refractivity contribution in [2.24, 2.45) is 5.92 Å². The summed E-state index contributed by atoms with van der Waals surface area (Å²) in [5, 5.41) is 20.5. The average Bonchev–Trinajstić information content (AvgIpc) is 3.32. The second-order valence-electron chi connectivity index (χ2n) is 11.1. The predicted octanol–water partition coefficient (Wildman–Crippen LogP) is 5.91. The minimum absolute atomic E-state index is 0.0534. The monoisotopic (exact) mass is 502 g/mol. The molecule has 0 spiro atoms. The molecule has 0 bridgehead atoms. The van der Waals surface area contributed by atoms with Crippen molar-refractivity contribution >= 4 is 22.8 Å². The molecule has 37 heavy (non-hydrogen) atoms. The molecule has 1 unspecified atom stereocenters. The van der Waals surface area contributed by atoms with Gasteiger partial charge in [0.15, 0.2) is 0 Å². The largest absolute Gasteiger partial charge is 0.497 e. The first-order valence-electron chi connectivity index (χ1n) is 13.4. The number of ether oxygens (including phenoxy) is 1. The molecule has 2 aromatic carbocycles. The maximum Gasteiger partial charge on any atom is 0.335 e. The van der Waals surface area contributed by atoms with E-state index < -0.39 is 11.9 Å². The van der Waals surface area contributed by atoms with Crippen LogP contribution in [0.5, 0.6) is 5.75 Å². The Hall–Kier alpha value is -3.32. The number of likely N-dealkylation sites (tertiary alicyclic amines) is 1. The number of carboxylic acids is 2. The minimum atomic E-state index is -0.921. The van der Waals surface area contributed by atoms with Crippen molar-refractivity contribution in [1.82, 2.24) is 9.47 Å². The molecule has 194 valence electrons. The molecule has 7 nitrogen and oxygen atoms in total. The quantitative estimate of drug-likeness (QED) is 0.451. The summed E-state index contributed by atoms with van der Waals surface area (Å²) in [4.78, 5) is 25.9. The van der Waals surface area contributed by atoms with Crippen LogP contribution in [0, 0.1) is 5.92 Å². The number of methoxy groups -OCH3 is 1. The predicted molar refractivity (Wildman–Crippen MR) is 141 cm³/mol. The smallest absolute Gasteiger partial charge is 0.335 e. The van der Waals surface area contributed by atoms with Gasteiger partial charge in [0.2, 0.25) is 0 Å². The second-order valence-corrected chi connectivity index (χ2v) is 11.1. The van der Waals surface area contributed by atoms with E-state index in [9.17, 15) is 19.8 Å². The van der Waals surface area contributed by atoms with Gasteiger partial charge in [0, 0.05) is 35.1 Å². The molecular formula is C30H34N2O5. The zero-order valence-corrected chi connectivity index (χ0v) is 21.4. The Balaban J connectivity index is 1.63. The van der Waals surface area contributed by atoms with Gasteiger partial charge in [0.05, 0.1) is 24.8 Å². The molecule has 3 atom stereocenters. The molecule has 2 aliphatic heterocycles. The lowest BCUT2D eigenvalue weighted by atomic mass is 9.81. The van der Waals surface area contributed by atoms with E-state index in [4.69, 9.17) is 4.74 Å². The number of aliphatic carboxylic acids is 1. The maximum atomic E-state index is 11.9. The molecule has 0 radical (unpaired) electrons. The van der Waals surface area contributed by atoms with E-state index in [-0.39, 0.29) is 24.4 Å². The van der Waals surface area contributed by atoms with Crippen LogP contribution in [0.2, 0.25) is 0 Å². The van der Waals surface area contributed by atoms with Gasteiger partial charge in [-0.05, 0) is 79.6 Å². The number of fused-ring (bicyclic) bond motifs is 7. The van der Waals surface area contributed by atoms with Gasteiger partial charge < -0.3 is 19.5 Å². The van der Waals surface area contributed by atoms with Gasteiger partial charge in [0.25, 0.3) is 0 Å². The van der Waals surface area contributed by atoms with Crippen molar-refractivity contribution in [2.45, 2.75) is 69.5 Å². The third-order valence-electron chi connectivity index (χ3n) is 9.06. The van der Waals surface area contributed by atoms with Gasteiger partial charge in [-0.15, -0.1) is 0 Å². The molecule has 7 heteroatoms. The Kier molecular flexibility index (Phi) is 5.98. The Bertz CT molecular complexity index is 1390. The summed E-state index contributed by atoms with van der Waals surface area (Å²) in [6.07, 6.45) is 6.87. The SMILES string of the molecule is COc1ccc2c(c1)[C@@H]1[C@@H](CC(CC(=O)O)N1C)Cn1c-2c(C2CCCCC2)c2ccc(C(=O)O)cc21. The standard InChI is InChI=1S/C30H34N2O5/c1-31-20(14-26(33)34)12-19-16-32-25-13-18(30(35)36)8-10-23(25)27(17-6-4-3-5-7-17)29(32)22-11-9-21(37-2)15-24(22)28(19)31/h8-11,13,15,17,19-20,28H,3-7,12,14,16H2,1-2H3,(H,33,34)(H,35,36)/t19-,20?,28-/m0/s1. The van der Waals surface area contributed by atoms with Crippen molar-refractivity contribution in [3.8, 4) is 17.0 Å². The van der Waals surface area contributed by atoms with Gasteiger partial charge >= 0.3 is 11.9 Å². The summed E-state index contributed by atoms with van der Waals surface area (Å²) in [5.74, 6) is -0.268. The molecular weight excluding hydrogens is 468 g/mol. The first-order chi connectivity index (χ1) is 17.9. The summed E-state index contributed by atoms with van der Waals surface area (Å²) < 4.78 is 8.01. The Morgan fingerprint density at radius 1 is 1.05 bits per heavy atom. The molecule has 3 aliphatic rings. The lowest BCUT2D eigenvalue weighted by Crippen LogP contribution is -2.30. The van der Waals surface area contributed by atoms with E-state index >= 15 is 0 Å². The van der Waals surface area contributed by atoms with Crippen molar-refractivity contribution < 1.29 is 24.5 Å². The van der Waals surface area contributed by atoms with Crippen LogP contribution in [0.25, 0.3) is 22.2 Å². The van der Waals surface area contributed by atoms with Crippen LogP contribution in [0.1, 0.15) is 78.4 Å². The van der Waals surface area contributed by atoms with Gasteiger partial charge in [-0.3, -0.25) is 9.69 Å². The summed E-state index contributed by atoms with van der Waals surface area (Å²) >= 11 is 0. The zero-order valence-electron chi connectivity index (χ0n) is 21.4. The fourth-order valence-corrected chi connectivity index (χ4v) is 7.44. The lowest BCUT2D eigenvalue weighted by Gasteiger charge is -2.28. The highest BCUT2D eigenvalue weighted by Crippen LogP contribution is 2.53. The molecule has 1 aromatic heterocycles. The number of hydrogen-bond acceptors (Lipinski definition) is 4. The zero-order chi connectivity index (χ0) is 25.8. The number of nitrogens with zero attached hydrogens (tertiary/aromatic N) is 2. The fourth-order valence-electron chi connectivity index (χ4n) is 7.44. The topological polar surface area (TPSA) is 92.0 Å². The van der Waals surface area contributed by atoms with E-state index in [0.717, 1.165) is 48.0 Å². The van der Waals surface area contributed by atoms with E-state index in [1.54, 1.807) is 13.2 Å². The van der Waals surface area contributed by atoms with Crippen LogP contribution in [0.3, 0.4) is 0 Å². The van der Waals surface area contributed by atoms with Crippen molar-refractivity contribution in [3.63, 3.8) is 0 Å². The number of carboxylic acid groups (broad SMARTS) is 2. The number of hydrogen-bond donors (Lipinski definition) is 2. The highest BCUT2D eigenvalue weighted by atomic mass is 16.5. The van der Waals surface area contributed by atoms with E-state index in [1.807, 2.05) is 25.2 Å². The highest BCUT2D eigenvalue weighted by Gasteiger charge is 2.44. The summed E-state index contributed by atoms with van der Waals surface area (Å²) in [5.41, 5.74) is 6.16. The molecule has 6 rings (SSSR count). The summed E-state index contributed by atoms with van der Waals surface area (Å²) in [7, 11) is 3.73. The average molecular weight is 503 g/mol. The first-order valence-corrected chi connectivity index (χ1v) is 13.4. The normalized spacial score (nSPS) is 23.8. The Labute approximate surface area is 216 Å². The second kappa shape index (κ2) is 9.21. The van der Waals surface area contributed by atoms with Crippen molar-refractivity contribution in [1.29, 1.82) is 0 Å². The molecule has 1 saturated heterocycles. The number of rotatable bonds is 5. The van der Waals surface area contributed by atoms with Crippen LogP contribution in [-0.2, 0) is 11.3 Å². The van der Waals surface area contributed by atoms with Crippen LogP contribution in [-0.4, -0.2) is 51.8 Å². The highest BCUT2D eigenvalue weighted by molar-refractivity contribution is 5.98. The molecule has 3 heterocycles. The number of aromatic nitrogens is 1. The molecule has 2 N–H and O–H groups in total. The van der Waals surface area contributed by atoms with Crippen LogP contribution >= 0.6 is 0 Å². The maximum absolute atomic E-state index is 11.9. The van der Waals surface area contributed by atoms with Crippen molar-refractivity contribution in [2.75, 3.05) is 14.2 Å². The minimum Gasteiger partial charge on any atom is -0.497 e. The van der Waals surface area contributed by atoms with Crippen molar-refractivity contribution in [3.05, 3.63) is 53.1 Å². The lowest BCUT2D eigenvalue weighted by molar-refractivity contribution is -0.138. The van der Waals surface area contributed by atoms with Gasteiger partial charge in [-0.1, -0.05) is 25.3 Å². The fraction of sp³-hybridized carbons (Fsp3) is 0.467. The number of benzene rings is 2. The summed E-state index contributed by atoms with van der Waals surface area (Å²) in [6, 6.07) is 11.9. The Morgan fingerprint density at radius 3 is 2.54 bits per heavy atom. The number of carbonyl (C=O) groups is 2. The van der Waals surface area contributed by atoms with Crippen LogP contribution < -0.4 is 4.74 Å². The van der Waals surface area contributed by atoms with Crippen LogP contribution in [0.4, 0.5) is 0 Å². The summed E-state index contributed by atoms with van der Waals surface area (Å²) in [6.45, 7) is 0.726. The van der Waals surface area contributed by atoms with E-state index in [2.05, 4.69) is 21.6 Å². The van der Waals surface area contributed by atoms with Gasteiger partial charge in [-0.25, -0.2) is 4.79 Å². The molecule has 1 saturated carbocycles. The molecule has 1 aliphatic carbocycles. The Morgan fingerprint density at radius 2 is 1.84 bits per heavy atom. The molecule has 3 aromatic rings. The van der Waals surface area contributed by atoms with E-state index in [0.29, 0.717) is 11.5 Å².